The molecule has 0 heterocycles. The minimum Gasteiger partial charge on any atom is -0.322 e. The average molecular weight is 343 g/mol. The van der Waals surface area contributed by atoms with E-state index < -0.39 is 0 Å². The van der Waals surface area contributed by atoms with Gasteiger partial charge in [0.05, 0.1) is 15.6 Å². The van der Waals surface area contributed by atoms with E-state index in [1.807, 2.05) is 24.3 Å². The van der Waals surface area contributed by atoms with Crippen LogP contribution < -0.4 is 5.32 Å². The van der Waals surface area contributed by atoms with Gasteiger partial charge in [-0.05, 0) is 42.7 Å². The van der Waals surface area contributed by atoms with Crippen molar-refractivity contribution in [2.45, 2.75) is 12.8 Å². The van der Waals surface area contributed by atoms with Gasteiger partial charge in [0.1, 0.15) is 0 Å². The van der Waals surface area contributed by atoms with Crippen LogP contribution in [0.5, 0.6) is 0 Å². The van der Waals surface area contributed by atoms with Crippen LogP contribution in [0.15, 0.2) is 42.5 Å². The van der Waals surface area contributed by atoms with Crippen LogP contribution in [0, 0.1) is 0 Å². The number of nitrogens with one attached hydrogen (secondary N) is 1. The van der Waals surface area contributed by atoms with Crippen LogP contribution in [0.25, 0.3) is 0 Å². The second-order valence-corrected chi connectivity index (χ2v) is 5.74. The molecule has 0 fully saturated rings. The molecule has 0 radical (unpaired) electrons. The van der Waals surface area contributed by atoms with Gasteiger partial charge in [-0.25, -0.2) is 0 Å². The third-order valence-electron chi connectivity index (χ3n) is 2.97. The Kier molecular flexibility index (Phi) is 5.92. The van der Waals surface area contributed by atoms with Crippen molar-refractivity contribution in [1.82, 2.24) is 0 Å². The van der Waals surface area contributed by atoms with E-state index in [1.54, 1.807) is 18.2 Å². The third kappa shape index (κ3) is 4.37. The summed E-state index contributed by atoms with van der Waals surface area (Å²) in [4.78, 5) is 12.3. The normalized spacial score (nSPS) is 10.4. The van der Waals surface area contributed by atoms with Crippen molar-refractivity contribution in [1.29, 1.82) is 0 Å². The number of alkyl halides is 1. The smallest absolute Gasteiger partial charge is 0.258 e. The average Bonchev–Trinajstić information content (AvgIpc) is 2.45. The lowest BCUT2D eigenvalue weighted by atomic mass is 10.1. The molecule has 0 spiro atoms. The zero-order chi connectivity index (χ0) is 15.2. The number of benzene rings is 2. The number of anilines is 1. The van der Waals surface area contributed by atoms with E-state index >= 15 is 0 Å². The van der Waals surface area contributed by atoms with Gasteiger partial charge in [0, 0.05) is 11.6 Å². The zero-order valence-corrected chi connectivity index (χ0v) is 13.5. The topological polar surface area (TPSA) is 29.1 Å². The Morgan fingerprint density at radius 2 is 1.71 bits per heavy atom. The Balaban J connectivity index is 2.16. The van der Waals surface area contributed by atoms with E-state index in [0.717, 1.165) is 18.4 Å². The summed E-state index contributed by atoms with van der Waals surface area (Å²) in [5.74, 6) is 0.298. The molecule has 0 aromatic heterocycles. The van der Waals surface area contributed by atoms with Crippen LogP contribution in [0.4, 0.5) is 5.69 Å². The second kappa shape index (κ2) is 7.69. The molecule has 0 aliphatic carbocycles. The lowest BCUT2D eigenvalue weighted by molar-refractivity contribution is 0.102. The summed E-state index contributed by atoms with van der Waals surface area (Å²) in [6.45, 7) is 0. The van der Waals surface area contributed by atoms with Gasteiger partial charge in [-0.1, -0.05) is 41.4 Å². The van der Waals surface area contributed by atoms with E-state index in [2.05, 4.69) is 5.32 Å². The number of aryl methyl sites for hydroxylation is 1. The van der Waals surface area contributed by atoms with Gasteiger partial charge in [-0.3, -0.25) is 4.79 Å². The van der Waals surface area contributed by atoms with Crippen LogP contribution in [-0.4, -0.2) is 11.8 Å². The first kappa shape index (κ1) is 16.2. The molecule has 21 heavy (non-hydrogen) atoms. The van der Waals surface area contributed by atoms with E-state index in [1.165, 1.54) is 0 Å². The summed E-state index contributed by atoms with van der Waals surface area (Å²) in [5.41, 5.74) is 2.12. The first-order chi connectivity index (χ1) is 10.1. The molecular formula is C16H14Cl3NO. The summed E-state index contributed by atoms with van der Waals surface area (Å²) in [6, 6.07) is 12.6. The molecule has 0 bridgehead atoms. The Morgan fingerprint density at radius 1 is 1.05 bits per heavy atom. The van der Waals surface area contributed by atoms with E-state index in [4.69, 9.17) is 34.8 Å². The molecule has 0 saturated heterocycles. The van der Waals surface area contributed by atoms with Crippen molar-refractivity contribution in [2.75, 3.05) is 11.2 Å². The van der Waals surface area contributed by atoms with Crippen molar-refractivity contribution in [2.24, 2.45) is 0 Å². The van der Waals surface area contributed by atoms with Crippen molar-refractivity contribution in [3.8, 4) is 0 Å². The van der Waals surface area contributed by atoms with Crippen molar-refractivity contribution < 1.29 is 4.79 Å². The molecule has 5 heteroatoms. The number of hydrogen-bond acceptors (Lipinski definition) is 1. The van der Waals surface area contributed by atoms with Gasteiger partial charge in [-0.15, -0.1) is 11.6 Å². The minimum atomic E-state index is -0.319. The van der Waals surface area contributed by atoms with Crippen molar-refractivity contribution >= 4 is 46.4 Å². The lowest BCUT2D eigenvalue weighted by Gasteiger charge is -2.09. The molecule has 2 rings (SSSR count). The van der Waals surface area contributed by atoms with Crippen LogP contribution in [0.1, 0.15) is 22.3 Å². The molecule has 0 unspecified atom stereocenters. The summed E-state index contributed by atoms with van der Waals surface area (Å²) in [5, 5.41) is 3.48. The summed E-state index contributed by atoms with van der Waals surface area (Å²) in [7, 11) is 0. The Labute approximate surface area is 139 Å². The van der Waals surface area contributed by atoms with Gasteiger partial charge in [0.25, 0.3) is 5.91 Å². The Morgan fingerprint density at radius 3 is 2.38 bits per heavy atom. The van der Waals surface area contributed by atoms with E-state index in [0.29, 0.717) is 21.6 Å². The van der Waals surface area contributed by atoms with E-state index in [9.17, 15) is 4.79 Å². The molecule has 1 amide bonds. The van der Waals surface area contributed by atoms with Gasteiger partial charge in [0.2, 0.25) is 0 Å². The van der Waals surface area contributed by atoms with Crippen LogP contribution in [-0.2, 0) is 6.42 Å². The lowest BCUT2D eigenvalue weighted by Crippen LogP contribution is -2.13. The van der Waals surface area contributed by atoms with Crippen molar-refractivity contribution in [3.05, 3.63) is 63.6 Å². The quantitative estimate of drug-likeness (QED) is 0.722. The predicted octanol–water partition coefficient (Wildman–Crippen LogP) is 5.42. The standard InChI is InChI=1S/C16H14Cl3NO/c17-9-3-5-11-4-1-6-12(10-11)20-16(21)15-13(18)7-2-8-14(15)19/h1-2,4,6-8,10H,3,5,9H2,(H,20,21). The SMILES string of the molecule is O=C(Nc1cccc(CCCCl)c1)c1c(Cl)cccc1Cl. The molecular weight excluding hydrogens is 329 g/mol. The summed E-state index contributed by atoms with van der Waals surface area (Å²) < 4.78 is 0. The number of amides is 1. The highest BCUT2D eigenvalue weighted by Crippen LogP contribution is 2.25. The number of carbonyl (C=O) groups excluding carboxylic acids is 1. The molecule has 0 aliphatic heterocycles. The highest BCUT2D eigenvalue weighted by molar-refractivity contribution is 6.40. The summed E-state index contributed by atoms with van der Waals surface area (Å²) >= 11 is 17.8. The largest absolute Gasteiger partial charge is 0.322 e. The summed E-state index contributed by atoms with van der Waals surface area (Å²) in [6.07, 6.45) is 1.77. The highest BCUT2D eigenvalue weighted by atomic mass is 35.5. The van der Waals surface area contributed by atoms with Crippen LogP contribution in [0.3, 0.4) is 0 Å². The van der Waals surface area contributed by atoms with Gasteiger partial charge in [-0.2, -0.15) is 0 Å². The fourth-order valence-corrected chi connectivity index (χ4v) is 2.69. The first-order valence-electron chi connectivity index (χ1n) is 6.52. The van der Waals surface area contributed by atoms with Crippen LogP contribution >= 0.6 is 34.8 Å². The number of halogens is 3. The molecule has 0 aliphatic rings. The minimum absolute atomic E-state index is 0.284. The zero-order valence-electron chi connectivity index (χ0n) is 11.2. The maximum Gasteiger partial charge on any atom is 0.258 e. The maximum absolute atomic E-state index is 12.3. The van der Waals surface area contributed by atoms with E-state index in [-0.39, 0.29) is 11.5 Å². The van der Waals surface area contributed by atoms with Crippen LogP contribution in [0.2, 0.25) is 10.0 Å². The number of rotatable bonds is 5. The fourth-order valence-electron chi connectivity index (χ4n) is 1.98. The highest BCUT2D eigenvalue weighted by Gasteiger charge is 2.14. The van der Waals surface area contributed by atoms with Gasteiger partial charge in [0.15, 0.2) is 0 Å². The van der Waals surface area contributed by atoms with Gasteiger partial charge >= 0.3 is 0 Å². The molecule has 0 atom stereocenters. The van der Waals surface area contributed by atoms with Gasteiger partial charge < -0.3 is 5.32 Å². The molecule has 1 N–H and O–H groups in total. The first-order valence-corrected chi connectivity index (χ1v) is 7.81. The fraction of sp³-hybridized carbons (Fsp3) is 0.188. The third-order valence-corrected chi connectivity index (χ3v) is 3.87. The molecule has 2 nitrogen and oxygen atoms in total. The molecule has 2 aromatic rings. The Bertz CT molecular complexity index is 623. The molecule has 0 saturated carbocycles. The molecule has 110 valence electrons. The predicted molar refractivity (Wildman–Crippen MR) is 89.9 cm³/mol. The maximum atomic E-state index is 12.3. The number of hydrogen-bond donors (Lipinski definition) is 1. The Hall–Kier alpha value is -1.22. The monoisotopic (exact) mass is 341 g/mol. The second-order valence-electron chi connectivity index (χ2n) is 4.54. The number of carbonyl (C=O) groups is 1. The molecule has 2 aromatic carbocycles. The van der Waals surface area contributed by atoms with Crippen molar-refractivity contribution in [3.63, 3.8) is 0 Å².